The molecule has 118 valence electrons. The summed E-state index contributed by atoms with van der Waals surface area (Å²) in [5, 5.41) is 17.7. The van der Waals surface area contributed by atoms with Crippen molar-refractivity contribution in [3.8, 4) is 6.07 Å². The Kier molecular flexibility index (Phi) is 4.82. The molecule has 0 aliphatic carbocycles. The summed E-state index contributed by atoms with van der Waals surface area (Å²) in [6, 6.07) is 4.72. The zero-order valence-electron chi connectivity index (χ0n) is 12.1. The summed E-state index contributed by atoms with van der Waals surface area (Å²) < 4.78 is 15.0. The molecule has 1 heterocycles. The lowest BCUT2D eigenvalue weighted by atomic mass is 10.1. The Hall–Kier alpha value is -2.65. The number of carboxylic acid groups (broad SMARTS) is 1. The first-order valence-corrected chi connectivity index (χ1v) is 7.11. The maximum atomic E-state index is 13.5. The third-order valence-corrected chi connectivity index (χ3v) is 3.67. The number of aromatic nitrogens is 1. The summed E-state index contributed by atoms with van der Waals surface area (Å²) in [4.78, 5) is 22.6. The largest absolute Gasteiger partial charge is 0.480 e. The molecule has 0 aliphatic rings. The molecule has 0 bridgehead atoms. The van der Waals surface area contributed by atoms with Gasteiger partial charge in [0.25, 0.3) is 5.24 Å². The van der Waals surface area contributed by atoms with Crippen LogP contribution in [-0.4, -0.2) is 20.9 Å². The van der Waals surface area contributed by atoms with E-state index in [4.69, 9.17) is 16.9 Å². The smallest absolute Gasteiger partial charge is 0.326 e. The lowest BCUT2D eigenvalue weighted by molar-refractivity contribution is -0.140. The van der Waals surface area contributed by atoms with Gasteiger partial charge in [0.2, 0.25) is 0 Å². The number of nitrogens with zero attached hydrogens (tertiary/aromatic N) is 2. The van der Waals surface area contributed by atoms with E-state index in [1.807, 2.05) is 0 Å². The fourth-order valence-corrected chi connectivity index (χ4v) is 2.50. The van der Waals surface area contributed by atoms with E-state index in [9.17, 15) is 19.1 Å². The third kappa shape index (κ3) is 3.25. The number of hydrogen-bond donors (Lipinski definition) is 1. The minimum Gasteiger partial charge on any atom is -0.480 e. The molecular weight excluding hydrogens is 323 g/mol. The number of hydrogen-bond acceptors (Lipinski definition) is 3. The first kappa shape index (κ1) is 16.7. The Morgan fingerprint density at radius 2 is 2.22 bits per heavy atom. The van der Waals surface area contributed by atoms with Crippen LogP contribution in [0.4, 0.5) is 4.39 Å². The van der Waals surface area contributed by atoms with E-state index in [-0.39, 0.29) is 5.57 Å². The lowest BCUT2D eigenvalue weighted by Crippen LogP contribution is -2.17. The van der Waals surface area contributed by atoms with Crippen LogP contribution in [0.25, 0.3) is 17.0 Å². The number of nitriles is 1. The van der Waals surface area contributed by atoms with Crippen molar-refractivity contribution in [2.45, 2.75) is 19.4 Å². The molecule has 23 heavy (non-hydrogen) atoms. The molecule has 0 saturated heterocycles. The second-order valence-corrected chi connectivity index (χ2v) is 5.20. The first-order chi connectivity index (χ1) is 10.9. The maximum absolute atomic E-state index is 13.5. The van der Waals surface area contributed by atoms with E-state index in [0.29, 0.717) is 22.9 Å². The Morgan fingerprint density at radius 3 is 2.74 bits per heavy atom. The Labute approximate surface area is 136 Å². The number of rotatable bonds is 5. The number of carbonyl (C=O) groups is 2. The topological polar surface area (TPSA) is 83.1 Å². The predicted octanol–water partition coefficient (Wildman–Crippen LogP) is 3.49. The molecule has 0 aliphatic heterocycles. The highest BCUT2D eigenvalue weighted by Crippen LogP contribution is 2.29. The van der Waals surface area contributed by atoms with Crippen LogP contribution < -0.4 is 0 Å². The van der Waals surface area contributed by atoms with Crippen molar-refractivity contribution in [3.63, 3.8) is 0 Å². The fourth-order valence-electron chi connectivity index (χ4n) is 2.41. The Balaban J connectivity index is 2.76. The fraction of sp³-hybridized carbons (Fsp3) is 0.188. The molecule has 1 unspecified atom stereocenters. The number of allylic oxidation sites excluding steroid dienone is 1. The third-order valence-electron chi connectivity index (χ3n) is 3.47. The van der Waals surface area contributed by atoms with Crippen LogP contribution in [0.5, 0.6) is 0 Å². The maximum Gasteiger partial charge on any atom is 0.326 e. The van der Waals surface area contributed by atoms with Crippen LogP contribution in [0.1, 0.15) is 24.9 Å². The number of aliphatic carboxylic acids is 1. The second-order valence-electron chi connectivity index (χ2n) is 4.86. The lowest BCUT2D eigenvalue weighted by Gasteiger charge is -2.13. The summed E-state index contributed by atoms with van der Waals surface area (Å²) in [6.45, 7) is 1.71. The molecule has 1 atom stereocenters. The molecular formula is C16H12ClFN2O3. The normalized spacial score (nSPS) is 12.9. The summed E-state index contributed by atoms with van der Waals surface area (Å²) in [6.07, 6.45) is 3.02. The van der Waals surface area contributed by atoms with Gasteiger partial charge in [-0.15, -0.1) is 0 Å². The monoisotopic (exact) mass is 334 g/mol. The van der Waals surface area contributed by atoms with E-state index < -0.39 is 23.1 Å². The van der Waals surface area contributed by atoms with Gasteiger partial charge in [-0.05, 0) is 42.3 Å². The van der Waals surface area contributed by atoms with Crippen LogP contribution in [0.3, 0.4) is 0 Å². The average molecular weight is 335 g/mol. The van der Waals surface area contributed by atoms with Gasteiger partial charge in [0.1, 0.15) is 23.5 Å². The van der Waals surface area contributed by atoms with Crippen molar-refractivity contribution in [2.75, 3.05) is 0 Å². The van der Waals surface area contributed by atoms with Gasteiger partial charge in [0.05, 0.1) is 0 Å². The summed E-state index contributed by atoms with van der Waals surface area (Å²) in [5.41, 5.74) is 0.536. The molecule has 0 radical (unpaired) electrons. The molecule has 1 aromatic carbocycles. The van der Waals surface area contributed by atoms with Gasteiger partial charge in [0, 0.05) is 22.7 Å². The molecule has 0 amide bonds. The second kappa shape index (κ2) is 6.63. The van der Waals surface area contributed by atoms with Gasteiger partial charge in [0.15, 0.2) is 0 Å². The van der Waals surface area contributed by atoms with Crippen LogP contribution in [0.15, 0.2) is 30.0 Å². The van der Waals surface area contributed by atoms with E-state index in [0.717, 1.165) is 0 Å². The van der Waals surface area contributed by atoms with Gasteiger partial charge in [-0.2, -0.15) is 5.26 Å². The van der Waals surface area contributed by atoms with Crippen molar-refractivity contribution < 1.29 is 19.1 Å². The van der Waals surface area contributed by atoms with E-state index in [1.54, 1.807) is 13.0 Å². The summed E-state index contributed by atoms with van der Waals surface area (Å²) >= 11 is 5.32. The highest BCUT2D eigenvalue weighted by atomic mass is 35.5. The van der Waals surface area contributed by atoms with E-state index in [1.165, 1.54) is 35.0 Å². The van der Waals surface area contributed by atoms with Crippen molar-refractivity contribution in [1.29, 1.82) is 5.26 Å². The van der Waals surface area contributed by atoms with Crippen molar-refractivity contribution in [3.05, 3.63) is 41.3 Å². The van der Waals surface area contributed by atoms with Crippen LogP contribution >= 0.6 is 11.6 Å². The van der Waals surface area contributed by atoms with Crippen molar-refractivity contribution >= 4 is 39.8 Å². The van der Waals surface area contributed by atoms with Gasteiger partial charge in [-0.3, -0.25) is 4.79 Å². The number of carbonyl (C=O) groups excluding carboxylic acids is 1. The van der Waals surface area contributed by atoms with Gasteiger partial charge < -0.3 is 9.67 Å². The summed E-state index contributed by atoms with van der Waals surface area (Å²) in [7, 11) is 0. The van der Waals surface area contributed by atoms with Gasteiger partial charge >= 0.3 is 5.97 Å². The summed E-state index contributed by atoms with van der Waals surface area (Å²) in [5.74, 6) is -1.54. The minimum atomic E-state index is -1.03. The van der Waals surface area contributed by atoms with Gasteiger partial charge in [-0.25, -0.2) is 9.18 Å². The SMILES string of the molecule is CCC(C(=O)O)n1cc(C=C(C#N)C(=O)Cl)c2cc(F)ccc21. The van der Waals surface area contributed by atoms with Crippen molar-refractivity contribution in [2.24, 2.45) is 0 Å². The molecule has 0 saturated carbocycles. The Bertz CT molecular complexity index is 864. The molecule has 7 heteroatoms. The predicted molar refractivity (Wildman–Crippen MR) is 83.3 cm³/mol. The highest BCUT2D eigenvalue weighted by Gasteiger charge is 2.21. The zero-order valence-corrected chi connectivity index (χ0v) is 12.8. The molecule has 2 aromatic rings. The number of carboxylic acids is 1. The van der Waals surface area contributed by atoms with Crippen LogP contribution in [0, 0.1) is 17.1 Å². The quantitative estimate of drug-likeness (QED) is 0.515. The van der Waals surface area contributed by atoms with Gasteiger partial charge in [-0.1, -0.05) is 6.92 Å². The number of fused-ring (bicyclic) bond motifs is 1. The average Bonchev–Trinajstić information content (AvgIpc) is 2.82. The molecule has 2 rings (SSSR count). The Morgan fingerprint density at radius 1 is 1.52 bits per heavy atom. The first-order valence-electron chi connectivity index (χ1n) is 6.73. The molecule has 1 N–H and O–H groups in total. The molecule has 1 aromatic heterocycles. The molecule has 0 fully saturated rings. The van der Waals surface area contributed by atoms with Crippen LogP contribution in [-0.2, 0) is 9.59 Å². The molecule has 0 spiro atoms. The van der Waals surface area contributed by atoms with Crippen molar-refractivity contribution in [1.82, 2.24) is 4.57 Å². The minimum absolute atomic E-state index is 0.307. The number of benzene rings is 1. The zero-order chi connectivity index (χ0) is 17.1. The highest BCUT2D eigenvalue weighted by molar-refractivity contribution is 6.68. The standard InChI is InChI=1S/C16H12ClFN2O3/c1-2-13(16(22)23)20-8-10(5-9(7-19)15(17)21)12-6-11(18)3-4-14(12)20/h3-6,8,13H,2H2,1H3,(H,22,23). The van der Waals surface area contributed by atoms with Crippen LogP contribution in [0.2, 0.25) is 0 Å². The van der Waals surface area contributed by atoms with E-state index in [2.05, 4.69) is 0 Å². The van der Waals surface area contributed by atoms with E-state index >= 15 is 0 Å². The molecule has 5 nitrogen and oxygen atoms in total. The number of halogens is 2.